The van der Waals surface area contributed by atoms with Crippen molar-refractivity contribution >= 4 is 22.9 Å². The largest absolute Gasteiger partial charge is 0.463 e. The van der Waals surface area contributed by atoms with Gasteiger partial charge in [-0.1, -0.05) is 0 Å². The Balaban J connectivity index is 2.59. The number of nitrogens with one attached hydrogen (secondary N) is 1. The molecule has 1 aromatic heterocycles. The third kappa shape index (κ3) is 1.63. The normalized spacial score (nSPS) is 10.5. The van der Waals surface area contributed by atoms with Crippen molar-refractivity contribution in [2.24, 2.45) is 0 Å². The molecule has 0 saturated heterocycles. The topological polar surface area (TPSA) is 68.1 Å². The Hall–Kier alpha value is -2.04. The van der Waals surface area contributed by atoms with Crippen LogP contribution in [-0.4, -0.2) is 18.1 Å². The summed E-state index contributed by atoms with van der Waals surface area (Å²) in [6.45, 7) is -0.907. The van der Waals surface area contributed by atoms with Gasteiger partial charge in [-0.2, -0.15) is 0 Å². The van der Waals surface area contributed by atoms with E-state index in [9.17, 15) is 9.18 Å². The number of benzene rings is 1. The van der Waals surface area contributed by atoms with Crippen molar-refractivity contribution in [3.63, 3.8) is 0 Å². The van der Waals surface area contributed by atoms with Gasteiger partial charge in [-0.25, -0.2) is 4.39 Å². The molecule has 2 rings (SSSR count). The number of hydrogen-bond acceptors (Lipinski definition) is 3. The van der Waals surface area contributed by atoms with Crippen LogP contribution < -0.4 is 10.5 Å². The smallest absolute Gasteiger partial charge is 0.228 e. The number of H-pyrrole nitrogens is 1. The first kappa shape index (κ1) is 9.51. The van der Waals surface area contributed by atoms with Gasteiger partial charge in [0, 0.05) is 11.5 Å². The minimum Gasteiger partial charge on any atom is -0.463 e. The van der Waals surface area contributed by atoms with E-state index in [4.69, 9.17) is 5.73 Å². The molecule has 0 unspecified atom stereocenters. The molecule has 0 radical (unpaired) electrons. The molecule has 0 aliphatic carbocycles. The molecule has 0 atom stereocenters. The minimum atomic E-state index is -0.907. The van der Waals surface area contributed by atoms with Gasteiger partial charge in [0.1, 0.15) is 5.75 Å². The van der Waals surface area contributed by atoms with E-state index in [0.717, 1.165) is 5.39 Å². The van der Waals surface area contributed by atoms with E-state index in [-0.39, 0.29) is 0 Å². The van der Waals surface area contributed by atoms with Crippen LogP contribution in [0.25, 0.3) is 10.9 Å². The van der Waals surface area contributed by atoms with E-state index in [2.05, 4.69) is 9.72 Å². The van der Waals surface area contributed by atoms with Crippen molar-refractivity contribution in [3.8, 4) is 5.75 Å². The molecule has 15 heavy (non-hydrogen) atoms. The summed E-state index contributed by atoms with van der Waals surface area (Å²) in [6.07, 6.45) is 0.690. The van der Waals surface area contributed by atoms with Gasteiger partial charge in [-0.05, 0) is 12.1 Å². The molecule has 0 aliphatic rings. The maximum atomic E-state index is 12.0. The zero-order valence-electron chi connectivity index (χ0n) is 7.79. The summed E-state index contributed by atoms with van der Waals surface area (Å²) in [7, 11) is 0. The number of anilines is 1. The van der Waals surface area contributed by atoms with Crippen LogP contribution in [0.4, 0.5) is 10.1 Å². The number of aldehydes is 1. The molecular formula is C10H9FN2O2. The number of aromatic amines is 1. The van der Waals surface area contributed by atoms with Crippen LogP contribution >= 0.6 is 0 Å². The van der Waals surface area contributed by atoms with Crippen LogP contribution in [0, 0.1) is 0 Å². The summed E-state index contributed by atoms with van der Waals surface area (Å²) in [6, 6.07) is 4.76. The summed E-state index contributed by atoms with van der Waals surface area (Å²) >= 11 is 0. The summed E-state index contributed by atoms with van der Waals surface area (Å²) in [4.78, 5) is 13.4. The van der Waals surface area contributed by atoms with Gasteiger partial charge in [-0.15, -0.1) is 0 Å². The third-order valence-electron chi connectivity index (χ3n) is 2.10. The highest BCUT2D eigenvalue weighted by atomic mass is 19.1. The second-order valence-electron chi connectivity index (χ2n) is 3.07. The van der Waals surface area contributed by atoms with Crippen molar-refractivity contribution in [2.75, 3.05) is 12.6 Å². The average molecular weight is 208 g/mol. The number of carbonyl (C=O) groups excluding carboxylic acids is 1. The highest BCUT2D eigenvalue weighted by molar-refractivity contribution is 5.95. The van der Waals surface area contributed by atoms with Gasteiger partial charge in [0.15, 0.2) is 6.29 Å². The second-order valence-corrected chi connectivity index (χ2v) is 3.07. The lowest BCUT2D eigenvalue weighted by Gasteiger charge is -2.03. The number of hydrogen-bond donors (Lipinski definition) is 2. The van der Waals surface area contributed by atoms with E-state index in [1.165, 1.54) is 6.07 Å². The van der Waals surface area contributed by atoms with Crippen LogP contribution in [0.15, 0.2) is 18.2 Å². The first-order valence-corrected chi connectivity index (χ1v) is 4.31. The second kappa shape index (κ2) is 3.61. The Morgan fingerprint density at radius 1 is 1.47 bits per heavy atom. The number of aromatic nitrogens is 1. The predicted octanol–water partition coefficient (Wildman–Crippen LogP) is 1.87. The Bertz CT molecular complexity index is 507. The van der Waals surface area contributed by atoms with Crippen molar-refractivity contribution < 1.29 is 13.9 Å². The lowest BCUT2D eigenvalue weighted by molar-refractivity contribution is 0.112. The van der Waals surface area contributed by atoms with Gasteiger partial charge < -0.3 is 15.5 Å². The van der Waals surface area contributed by atoms with E-state index in [1.807, 2.05) is 0 Å². The monoisotopic (exact) mass is 208 g/mol. The van der Waals surface area contributed by atoms with E-state index in [0.29, 0.717) is 28.9 Å². The van der Waals surface area contributed by atoms with Crippen molar-refractivity contribution in [3.05, 3.63) is 23.9 Å². The van der Waals surface area contributed by atoms with Gasteiger partial charge in [0.2, 0.25) is 6.86 Å². The number of nitrogens with two attached hydrogens (primary N) is 1. The molecule has 4 nitrogen and oxygen atoms in total. The Morgan fingerprint density at radius 3 is 2.93 bits per heavy atom. The fourth-order valence-electron chi connectivity index (χ4n) is 1.48. The molecule has 0 amide bonds. The molecule has 0 spiro atoms. The number of halogens is 1. The summed E-state index contributed by atoms with van der Waals surface area (Å²) < 4.78 is 16.6. The van der Waals surface area contributed by atoms with Crippen LogP contribution in [0.1, 0.15) is 10.5 Å². The first-order chi connectivity index (χ1) is 7.24. The summed E-state index contributed by atoms with van der Waals surface area (Å²) in [5.41, 5.74) is 7.21. The Morgan fingerprint density at radius 2 is 2.27 bits per heavy atom. The van der Waals surface area contributed by atoms with E-state index in [1.54, 1.807) is 12.1 Å². The van der Waals surface area contributed by atoms with Crippen molar-refractivity contribution in [2.45, 2.75) is 0 Å². The number of carbonyl (C=O) groups is 1. The molecule has 78 valence electrons. The number of nitrogen functional groups attached to an aromatic ring is 1. The average Bonchev–Trinajstić information content (AvgIpc) is 2.62. The van der Waals surface area contributed by atoms with Crippen LogP contribution in [0.5, 0.6) is 5.75 Å². The van der Waals surface area contributed by atoms with Gasteiger partial charge in [0.25, 0.3) is 0 Å². The summed E-state index contributed by atoms with van der Waals surface area (Å²) in [5.74, 6) is 0.346. The zero-order valence-corrected chi connectivity index (χ0v) is 7.79. The third-order valence-corrected chi connectivity index (χ3v) is 2.10. The quantitative estimate of drug-likeness (QED) is 0.597. The molecule has 5 heteroatoms. The van der Waals surface area contributed by atoms with Crippen LogP contribution in [-0.2, 0) is 0 Å². The number of rotatable bonds is 3. The maximum absolute atomic E-state index is 12.0. The molecule has 0 bridgehead atoms. The lowest BCUT2D eigenvalue weighted by Crippen LogP contribution is -1.93. The molecule has 0 saturated carbocycles. The van der Waals surface area contributed by atoms with Gasteiger partial charge >= 0.3 is 0 Å². The molecular weight excluding hydrogens is 199 g/mol. The van der Waals surface area contributed by atoms with Crippen LogP contribution in [0.3, 0.4) is 0 Å². The van der Waals surface area contributed by atoms with Gasteiger partial charge in [-0.3, -0.25) is 4.79 Å². The minimum absolute atomic E-state index is 0.346. The number of alkyl halides is 1. The highest BCUT2D eigenvalue weighted by Crippen LogP contribution is 2.27. The molecule has 0 fully saturated rings. The number of ether oxygens (including phenoxy) is 1. The molecule has 3 N–H and O–H groups in total. The predicted molar refractivity (Wildman–Crippen MR) is 54.7 cm³/mol. The standard InChI is InChI=1S/C10H9FN2O2/c11-5-15-8-2-6-1-7(4-14)13-10(6)9(12)3-8/h1-4,13H,5,12H2. The van der Waals surface area contributed by atoms with E-state index < -0.39 is 6.86 Å². The molecule has 0 aliphatic heterocycles. The Labute approximate surface area is 84.8 Å². The number of fused-ring (bicyclic) bond motifs is 1. The fourth-order valence-corrected chi connectivity index (χ4v) is 1.48. The van der Waals surface area contributed by atoms with Crippen molar-refractivity contribution in [1.29, 1.82) is 0 Å². The van der Waals surface area contributed by atoms with Crippen LogP contribution in [0.2, 0.25) is 0 Å². The van der Waals surface area contributed by atoms with Gasteiger partial charge in [0.05, 0.1) is 16.9 Å². The molecule has 1 heterocycles. The first-order valence-electron chi connectivity index (χ1n) is 4.31. The van der Waals surface area contributed by atoms with Crippen molar-refractivity contribution in [1.82, 2.24) is 4.98 Å². The fraction of sp³-hybridized carbons (Fsp3) is 0.100. The van der Waals surface area contributed by atoms with E-state index >= 15 is 0 Å². The zero-order chi connectivity index (χ0) is 10.8. The SMILES string of the molecule is Nc1cc(OCF)cc2cc(C=O)[nH]c12. The lowest BCUT2D eigenvalue weighted by atomic mass is 10.2. The highest BCUT2D eigenvalue weighted by Gasteiger charge is 2.06. The molecule has 1 aromatic carbocycles. The Kier molecular flexibility index (Phi) is 2.29. The molecule has 2 aromatic rings. The summed E-state index contributed by atoms with van der Waals surface area (Å²) in [5, 5.41) is 0.723. The maximum Gasteiger partial charge on any atom is 0.228 e.